The SMILES string of the molecule is COc1c(Pc2ccccc2C=O)cccc1[Si](C)(C)C. The Kier molecular flexibility index (Phi) is 4.97. The zero-order valence-corrected chi connectivity index (χ0v) is 14.9. The van der Waals surface area contributed by atoms with Crippen LogP contribution in [0.15, 0.2) is 42.5 Å². The van der Waals surface area contributed by atoms with E-state index in [2.05, 4.69) is 37.8 Å². The van der Waals surface area contributed by atoms with Gasteiger partial charge < -0.3 is 4.74 Å². The van der Waals surface area contributed by atoms with Crippen molar-refractivity contribution in [2.75, 3.05) is 7.11 Å². The van der Waals surface area contributed by atoms with E-state index in [4.69, 9.17) is 4.74 Å². The maximum absolute atomic E-state index is 11.2. The summed E-state index contributed by atoms with van der Waals surface area (Å²) in [6.07, 6.45) is 0.928. The molecular weight excluding hydrogens is 295 g/mol. The summed E-state index contributed by atoms with van der Waals surface area (Å²) >= 11 is 0. The smallest absolute Gasteiger partial charge is 0.150 e. The van der Waals surface area contributed by atoms with E-state index in [0.29, 0.717) is 8.58 Å². The van der Waals surface area contributed by atoms with Crippen LogP contribution in [0, 0.1) is 0 Å². The Balaban J connectivity index is 2.48. The zero-order valence-electron chi connectivity index (χ0n) is 12.9. The molecule has 0 amide bonds. The highest BCUT2D eigenvalue weighted by atomic mass is 31.1. The Morgan fingerprint density at radius 1 is 1.00 bits per heavy atom. The van der Waals surface area contributed by atoms with Crippen molar-refractivity contribution in [3.63, 3.8) is 0 Å². The number of hydrogen-bond acceptors (Lipinski definition) is 2. The Bertz CT molecular complexity index is 647. The lowest BCUT2D eigenvalue weighted by atomic mass is 10.2. The molecule has 0 heterocycles. The van der Waals surface area contributed by atoms with E-state index in [9.17, 15) is 4.79 Å². The largest absolute Gasteiger partial charge is 0.496 e. The Hall–Kier alpha value is -1.44. The van der Waals surface area contributed by atoms with Crippen molar-refractivity contribution < 1.29 is 9.53 Å². The van der Waals surface area contributed by atoms with Crippen molar-refractivity contribution in [1.29, 1.82) is 0 Å². The second-order valence-electron chi connectivity index (χ2n) is 5.97. The summed E-state index contributed by atoms with van der Waals surface area (Å²) in [4.78, 5) is 11.2. The van der Waals surface area contributed by atoms with Gasteiger partial charge in [-0.3, -0.25) is 4.79 Å². The average Bonchev–Trinajstić information content (AvgIpc) is 2.46. The van der Waals surface area contributed by atoms with Gasteiger partial charge >= 0.3 is 0 Å². The molecule has 0 saturated carbocycles. The van der Waals surface area contributed by atoms with Crippen molar-refractivity contribution in [2.24, 2.45) is 0 Å². The van der Waals surface area contributed by atoms with Gasteiger partial charge in [0.15, 0.2) is 6.29 Å². The molecule has 0 fully saturated rings. The molecule has 0 aliphatic rings. The van der Waals surface area contributed by atoms with Gasteiger partial charge in [-0.25, -0.2) is 0 Å². The maximum atomic E-state index is 11.2. The van der Waals surface area contributed by atoms with Crippen molar-refractivity contribution in [3.8, 4) is 5.75 Å². The van der Waals surface area contributed by atoms with Crippen molar-refractivity contribution >= 4 is 38.7 Å². The first-order chi connectivity index (χ1) is 9.97. The van der Waals surface area contributed by atoms with Crippen LogP contribution in [-0.2, 0) is 0 Å². The van der Waals surface area contributed by atoms with Crippen LogP contribution < -0.4 is 20.5 Å². The van der Waals surface area contributed by atoms with Crippen molar-refractivity contribution in [2.45, 2.75) is 19.6 Å². The lowest BCUT2D eigenvalue weighted by Gasteiger charge is -2.22. The number of para-hydroxylation sites is 1. The first-order valence-corrected chi connectivity index (χ1v) is 11.5. The van der Waals surface area contributed by atoms with Gasteiger partial charge in [0.1, 0.15) is 5.75 Å². The number of benzene rings is 2. The molecule has 21 heavy (non-hydrogen) atoms. The van der Waals surface area contributed by atoms with Crippen LogP contribution in [0.4, 0.5) is 0 Å². The molecule has 0 saturated heterocycles. The standard InChI is InChI=1S/C17H21O2PSi/c1-19-17-15(10-7-11-16(17)21(2,3)4)20-14-9-6-5-8-13(14)12-18/h5-12,20H,1-4H3. The van der Waals surface area contributed by atoms with E-state index in [0.717, 1.165) is 22.9 Å². The van der Waals surface area contributed by atoms with E-state index in [1.807, 2.05) is 24.3 Å². The highest BCUT2D eigenvalue weighted by Crippen LogP contribution is 2.21. The number of aldehydes is 1. The monoisotopic (exact) mass is 316 g/mol. The van der Waals surface area contributed by atoms with Gasteiger partial charge in [0, 0.05) is 10.9 Å². The Morgan fingerprint density at radius 2 is 1.67 bits per heavy atom. The van der Waals surface area contributed by atoms with Crippen LogP contribution in [-0.4, -0.2) is 21.5 Å². The molecule has 2 aromatic carbocycles. The third kappa shape index (κ3) is 3.61. The van der Waals surface area contributed by atoms with Crippen LogP contribution in [0.1, 0.15) is 10.4 Å². The number of carbonyl (C=O) groups excluding carboxylic acids is 1. The van der Waals surface area contributed by atoms with Gasteiger partial charge in [0.2, 0.25) is 0 Å². The molecule has 0 aliphatic carbocycles. The molecule has 1 unspecified atom stereocenters. The number of ether oxygens (including phenoxy) is 1. The van der Waals surface area contributed by atoms with Crippen LogP contribution >= 0.6 is 8.58 Å². The number of carbonyl (C=O) groups is 1. The first-order valence-electron chi connectivity index (χ1n) is 6.96. The Labute approximate surface area is 129 Å². The molecule has 1 atom stereocenters. The summed E-state index contributed by atoms with van der Waals surface area (Å²) in [5.41, 5.74) is 0.760. The molecular formula is C17H21O2PSi. The zero-order chi connectivity index (χ0) is 15.5. The molecule has 110 valence electrons. The summed E-state index contributed by atoms with van der Waals surface area (Å²) in [5.74, 6) is 0.996. The molecule has 0 radical (unpaired) electrons. The predicted molar refractivity (Wildman–Crippen MR) is 95.4 cm³/mol. The number of hydrogen-bond donors (Lipinski definition) is 0. The summed E-state index contributed by atoms with van der Waals surface area (Å²) < 4.78 is 5.70. The fraction of sp³-hybridized carbons (Fsp3) is 0.235. The summed E-state index contributed by atoms with van der Waals surface area (Å²) in [6, 6.07) is 14.1. The molecule has 4 heteroatoms. The molecule has 0 bridgehead atoms. The Morgan fingerprint density at radius 3 is 2.29 bits per heavy atom. The second kappa shape index (κ2) is 6.55. The third-order valence-corrected chi connectivity index (χ3v) is 6.78. The van der Waals surface area contributed by atoms with Gasteiger partial charge in [-0.2, -0.15) is 0 Å². The van der Waals surface area contributed by atoms with Crippen molar-refractivity contribution in [3.05, 3.63) is 48.0 Å². The van der Waals surface area contributed by atoms with Crippen LogP contribution in [0.5, 0.6) is 5.75 Å². The second-order valence-corrected chi connectivity index (χ2v) is 12.3. The van der Waals surface area contributed by atoms with E-state index < -0.39 is 8.07 Å². The summed E-state index contributed by atoms with van der Waals surface area (Å²) in [5, 5.41) is 3.57. The van der Waals surface area contributed by atoms with Gasteiger partial charge in [-0.1, -0.05) is 70.7 Å². The topological polar surface area (TPSA) is 26.3 Å². The van der Waals surface area contributed by atoms with Gasteiger partial charge in [-0.05, 0) is 10.5 Å². The first kappa shape index (κ1) is 15.9. The lowest BCUT2D eigenvalue weighted by Crippen LogP contribution is -2.40. The van der Waals surface area contributed by atoms with Gasteiger partial charge in [-0.15, -0.1) is 0 Å². The maximum Gasteiger partial charge on any atom is 0.150 e. The minimum atomic E-state index is -1.46. The van der Waals surface area contributed by atoms with Crippen LogP contribution in [0.3, 0.4) is 0 Å². The number of rotatable bonds is 5. The average molecular weight is 316 g/mol. The third-order valence-electron chi connectivity index (χ3n) is 3.38. The quantitative estimate of drug-likeness (QED) is 0.482. The molecule has 2 nitrogen and oxygen atoms in total. The van der Waals surface area contributed by atoms with Crippen LogP contribution in [0.2, 0.25) is 19.6 Å². The highest BCUT2D eigenvalue weighted by Gasteiger charge is 2.23. The van der Waals surface area contributed by atoms with E-state index >= 15 is 0 Å². The normalized spacial score (nSPS) is 11.8. The van der Waals surface area contributed by atoms with Gasteiger partial charge in [0.05, 0.1) is 15.2 Å². The predicted octanol–water partition coefficient (Wildman–Crippen LogP) is 2.68. The minimum Gasteiger partial charge on any atom is -0.496 e. The number of methoxy groups -OCH3 is 1. The van der Waals surface area contributed by atoms with E-state index in [1.165, 1.54) is 10.5 Å². The van der Waals surface area contributed by atoms with Crippen molar-refractivity contribution in [1.82, 2.24) is 0 Å². The van der Waals surface area contributed by atoms with E-state index in [-0.39, 0.29) is 0 Å². The molecule has 0 spiro atoms. The fourth-order valence-electron chi connectivity index (χ4n) is 2.30. The summed E-state index contributed by atoms with van der Waals surface area (Å²) in [6.45, 7) is 6.95. The molecule has 2 rings (SSSR count). The van der Waals surface area contributed by atoms with Gasteiger partial charge in [0.25, 0.3) is 0 Å². The molecule has 2 aromatic rings. The summed E-state index contributed by atoms with van der Waals surface area (Å²) in [7, 11) is 0.705. The molecule has 0 N–H and O–H groups in total. The molecule has 0 aromatic heterocycles. The highest BCUT2D eigenvalue weighted by molar-refractivity contribution is 7.56. The molecule has 0 aliphatic heterocycles. The fourth-order valence-corrected chi connectivity index (χ4v) is 5.23. The lowest BCUT2D eigenvalue weighted by molar-refractivity contribution is 0.112. The van der Waals surface area contributed by atoms with E-state index in [1.54, 1.807) is 7.11 Å². The van der Waals surface area contributed by atoms with Crippen LogP contribution in [0.25, 0.3) is 0 Å². The minimum absolute atomic E-state index is 0.429.